The third-order valence-electron chi connectivity index (χ3n) is 4.98. The molecule has 1 aliphatic heterocycles. The van der Waals surface area contributed by atoms with E-state index in [0.29, 0.717) is 23.7 Å². The lowest BCUT2D eigenvalue weighted by Gasteiger charge is -2.35. The number of methoxy groups -OCH3 is 1. The van der Waals surface area contributed by atoms with E-state index in [2.05, 4.69) is 9.88 Å². The molecule has 3 aromatic rings. The first-order valence-electron chi connectivity index (χ1n) is 9.55. The van der Waals surface area contributed by atoms with Gasteiger partial charge in [0.1, 0.15) is 0 Å². The van der Waals surface area contributed by atoms with Gasteiger partial charge in [-0.25, -0.2) is 18.2 Å². The van der Waals surface area contributed by atoms with E-state index >= 15 is 0 Å². The lowest BCUT2D eigenvalue weighted by Crippen LogP contribution is -2.48. The van der Waals surface area contributed by atoms with Crippen LogP contribution in [-0.2, 0) is 14.8 Å². The molecule has 0 atom stereocenters. The maximum absolute atomic E-state index is 13.3. The van der Waals surface area contributed by atoms with E-state index in [1.54, 1.807) is 30.3 Å². The molecule has 1 aromatic heterocycles. The number of hydrogen-bond acceptors (Lipinski definition) is 7. The molecule has 10 heteroatoms. The number of halogens is 1. The van der Waals surface area contributed by atoms with E-state index in [1.165, 1.54) is 11.4 Å². The van der Waals surface area contributed by atoms with Crippen molar-refractivity contribution in [1.29, 1.82) is 0 Å². The van der Waals surface area contributed by atoms with Gasteiger partial charge in [-0.2, -0.15) is 4.31 Å². The zero-order valence-electron chi connectivity index (χ0n) is 16.7. The zero-order chi connectivity index (χ0) is 22.0. The van der Waals surface area contributed by atoms with E-state index in [9.17, 15) is 13.2 Å². The normalized spacial score (nSPS) is 15.1. The lowest BCUT2D eigenvalue weighted by molar-refractivity contribution is 0.0587. The summed E-state index contributed by atoms with van der Waals surface area (Å²) in [6.45, 7) is 1.37. The number of nitrogens with zero attached hydrogens (tertiary/aromatic N) is 3. The Hall–Kier alpha value is -2.88. The number of ether oxygens (including phenoxy) is 1. The molecule has 0 amide bonds. The average molecular weight is 462 g/mol. The van der Waals surface area contributed by atoms with Crippen LogP contribution in [0.25, 0.3) is 11.5 Å². The van der Waals surface area contributed by atoms with Gasteiger partial charge >= 0.3 is 5.97 Å². The Morgan fingerprint density at radius 1 is 1.06 bits per heavy atom. The summed E-state index contributed by atoms with van der Waals surface area (Å²) in [7, 11) is -2.93. The predicted octanol–water partition coefficient (Wildman–Crippen LogP) is 3.29. The molecule has 0 radical (unpaired) electrons. The number of esters is 1. The highest BCUT2D eigenvalue weighted by atomic mass is 35.5. The molecule has 31 heavy (non-hydrogen) atoms. The predicted molar refractivity (Wildman–Crippen MR) is 116 cm³/mol. The molecular formula is C21H20ClN3O5S. The number of benzene rings is 2. The minimum Gasteiger partial charge on any atom is -0.464 e. The number of piperazine rings is 1. The van der Waals surface area contributed by atoms with Crippen LogP contribution in [0.15, 0.2) is 64.1 Å². The van der Waals surface area contributed by atoms with Crippen LogP contribution in [0.4, 0.5) is 5.69 Å². The Labute approximate surface area is 185 Å². The highest BCUT2D eigenvalue weighted by molar-refractivity contribution is 7.89. The van der Waals surface area contributed by atoms with Crippen LogP contribution in [0.1, 0.15) is 10.5 Å². The van der Waals surface area contributed by atoms with Crippen LogP contribution in [0.3, 0.4) is 0 Å². The van der Waals surface area contributed by atoms with Crippen molar-refractivity contribution in [3.05, 3.63) is 65.3 Å². The molecule has 162 valence electrons. The minimum absolute atomic E-state index is 0.0390. The van der Waals surface area contributed by atoms with E-state index < -0.39 is 21.1 Å². The molecule has 0 aliphatic carbocycles. The molecule has 0 spiro atoms. The van der Waals surface area contributed by atoms with Crippen LogP contribution in [0.2, 0.25) is 5.02 Å². The van der Waals surface area contributed by atoms with Crippen molar-refractivity contribution < 1.29 is 22.4 Å². The molecular weight excluding hydrogens is 442 g/mol. The SMILES string of the molecule is COC(=O)c1nc(-c2ccccc2)oc1S(=O)(=O)N1CCN(c2cccc(Cl)c2)CC1. The van der Waals surface area contributed by atoms with E-state index in [0.717, 1.165) is 5.69 Å². The van der Waals surface area contributed by atoms with Crippen LogP contribution in [0.5, 0.6) is 0 Å². The van der Waals surface area contributed by atoms with Crippen molar-refractivity contribution >= 4 is 33.3 Å². The quantitative estimate of drug-likeness (QED) is 0.538. The Bertz CT molecular complexity index is 1190. The summed E-state index contributed by atoms with van der Waals surface area (Å²) >= 11 is 6.06. The third kappa shape index (κ3) is 4.30. The third-order valence-corrected chi connectivity index (χ3v) is 7.01. The summed E-state index contributed by atoms with van der Waals surface area (Å²) < 4.78 is 38.2. The molecule has 0 unspecified atom stereocenters. The van der Waals surface area contributed by atoms with Crippen LogP contribution in [0, 0.1) is 0 Å². The molecule has 1 fully saturated rings. The van der Waals surface area contributed by atoms with Gasteiger partial charge in [-0.1, -0.05) is 35.9 Å². The molecule has 8 nitrogen and oxygen atoms in total. The van der Waals surface area contributed by atoms with Crippen molar-refractivity contribution in [2.75, 3.05) is 38.2 Å². The van der Waals surface area contributed by atoms with E-state index in [4.69, 9.17) is 20.8 Å². The number of rotatable bonds is 5. The number of oxazole rings is 1. The van der Waals surface area contributed by atoms with Gasteiger partial charge in [0.05, 0.1) is 7.11 Å². The van der Waals surface area contributed by atoms with Gasteiger partial charge in [0.15, 0.2) is 0 Å². The largest absolute Gasteiger partial charge is 0.464 e. The van der Waals surface area contributed by atoms with Gasteiger partial charge in [0.2, 0.25) is 11.6 Å². The fourth-order valence-corrected chi connectivity index (χ4v) is 5.01. The summed E-state index contributed by atoms with van der Waals surface area (Å²) in [5.41, 5.74) is 1.12. The first kappa shape index (κ1) is 21.4. The molecule has 0 N–H and O–H groups in total. The summed E-state index contributed by atoms with van der Waals surface area (Å²) in [5, 5.41) is 0.111. The topological polar surface area (TPSA) is 92.9 Å². The summed E-state index contributed by atoms with van der Waals surface area (Å²) in [6, 6.07) is 16.2. The molecule has 2 heterocycles. The number of sulfonamides is 1. The fourth-order valence-electron chi connectivity index (χ4n) is 3.39. The van der Waals surface area contributed by atoms with Crippen LogP contribution < -0.4 is 4.90 Å². The van der Waals surface area contributed by atoms with Gasteiger partial charge < -0.3 is 14.1 Å². The number of carbonyl (C=O) groups is 1. The summed E-state index contributed by atoms with van der Waals surface area (Å²) in [6.07, 6.45) is 0. The number of hydrogen-bond donors (Lipinski definition) is 0. The second-order valence-electron chi connectivity index (χ2n) is 6.88. The van der Waals surface area contributed by atoms with Crippen molar-refractivity contribution in [3.63, 3.8) is 0 Å². The maximum atomic E-state index is 13.3. The van der Waals surface area contributed by atoms with Gasteiger partial charge in [0, 0.05) is 42.5 Å². The Kier molecular flexibility index (Phi) is 5.99. The standard InChI is InChI=1S/C21H20ClN3O5S/c1-29-20(26)18-21(30-19(23-18)15-6-3-2-4-7-15)31(27,28)25-12-10-24(11-13-25)17-9-5-8-16(22)14-17/h2-9,14H,10-13H2,1H3. The molecule has 2 aromatic carbocycles. The maximum Gasteiger partial charge on any atom is 0.361 e. The number of anilines is 1. The second kappa shape index (κ2) is 8.70. The molecule has 0 saturated carbocycles. The zero-order valence-corrected chi connectivity index (χ0v) is 18.3. The number of carbonyl (C=O) groups excluding carboxylic acids is 1. The Morgan fingerprint density at radius 3 is 2.42 bits per heavy atom. The van der Waals surface area contributed by atoms with Crippen molar-refractivity contribution in [3.8, 4) is 11.5 Å². The summed E-state index contributed by atoms with van der Waals surface area (Å²) in [5.74, 6) is -0.834. The van der Waals surface area contributed by atoms with Gasteiger partial charge in [-0.3, -0.25) is 0 Å². The lowest BCUT2D eigenvalue weighted by atomic mass is 10.2. The van der Waals surface area contributed by atoms with E-state index in [1.807, 2.05) is 24.3 Å². The van der Waals surface area contributed by atoms with Crippen molar-refractivity contribution in [1.82, 2.24) is 9.29 Å². The highest BCUT2D eigenvalue weighted by Gasteiger charge is 2.37. The Balaban J connectivity index is 1.61. The second-order valence-corrected chi connectivity index (χ2v) is 9.16. The van der Waals surface area contributed by atoms with Crippen LogP contribution in [-0.4, -0.2) is 57.0 Å². The van der Waals surface area contributed by atoms with Crippen molar-refractivity contribution in [2.45, 2.75) is 5.09 Å². The van der Waals surface area contributed by atoms with Gasteiger partial charge in [0.25, 0.3) is 15.1 Å². The molecule has 1 aliphatic rings. The monoisotopic (exact) mass is 461 g/mol. The first-order valence-corrected chi connectivity index (χ1v) is 11.4. The molecule has 4 rings (SSSR count). The average Bonchev–Trinajstić information content (AvgIpc) is 3.26. The van der Waals surface area contributed by atoms with Crippen molar-refractivity contribution in [2.24, 2.45) is 0 Å². The van der Waals surface area contributed by atoms with Gasteiger partial charge in [-0.05, 0) is 30.3 Å². The van der Waals surface area contributed by atoms with Crippen LogP contribution >= 0.6 is 11.6 Å². The van der Waals surface area contributed by atoms with Gasteiger partial charge in [-0.15, -0.1) is 0 Å². The molecule has 0 bridgehead atoms. The van der Waals surface area contributed by atoms with E-state index in [-0.39, 0.29) is 24.7 Å². The highest BCUT2D eigenvalue weighted by Crippen LogP contribution is 2.29. The minimum atomic E-state index is -4.10. The molecule has 1 saturated heterocycles. The summed E-state index contributed by atoms with van der Waals surface area (Å²) in [4.78, 5) is 18.4. The Morgan fingerprint density at radius 2 is 1.77 bits per heavy atom. The fraction of sp³-hybridized carbons (Fsp3) is 0.238. The smallest absolute Gasteiger partial charge is 0.361 e. The number of aromatic nitrogens is 1. The first-order chi connectivity index (χ1) is 14.9.